The van der Waals surface area contributed by atoms with Gasteiger partial charge in [0, 0.05) is 12.6 Å². The predicted molar refractivity (Wildman–Crippen MR) is 118 cm³/mol. The van der Waals surface area contributed by atoms with Crippen molar-refractivity contribution in [3.8, 4) is 11.5 Å². The van der Waals surface area contributed by atoms with Crippen LogP contribution in [0.15, 0.2) is 71.2 Å². The highest BCUT2D eigenvalue weighted by atomic mass is 79.9. The van der Waals surface area contributed by atoms with E-state index in [1.54, 1.807) is 7.11 Å². The fourth-order valence-corrected chi connectivity index (χ4v) is 3.67. The van der Waals surface area contributed by atoms with Crippen molar-refractivity contribution in [1.29, 1.82) is 0 Å². The molecule has 0 amide bonds. The molecule has 0 saturated heterocycles. The summed E-state index contributed by atoms with van der Waals surface area (Å²) >= 11 is 3.65. The number of halogens is 1. The number of ether oxygens (including phenoxy) is 2. The Morgan fingerprint density at radius 2 is 1.71 bits per heavy atom. The fraction of sp³-hybridized carbons (Fsp3) is 0.250. The molecule has 28 heavy (non-hydrogen) atoms. The van der Waals surface area contributed by atoms with Crippen LogP contribution in [0, 0.1) is 6.92 Å². The first kappa shape index (κ1) is 20.4. The quantitative estimate of drug-likeness (QED) is 0.453. The van der Waals surface area contributed by atoms with Crippen molar-refractivity contribution in [2.24, 2.45) is 0 Å². The molecule has 1 atom stereocenters. The molecule has 0 radical (unpaired) electrons. The van der Waals surface area contributed by atoms with Crippen molar-refractivity contribution in [1.82, 2.24) is 5.32 Å². The molecule has 0 heterocycles. The molecule has 3 nitrogen and oxygen atoms in total. The minimum atomic E-state index is 0.267. The smallest absolute Gasteiger partial charge is 0.175 e. The largest absolute Gasteiger partial charge is 0.493 e. The first-order chi connectivity index (χ1) is 13.6. The van der Waals surface area contributed by atoms with Gasteiger partial charge in [-0.2, -0.15) is 0 Å². The third-order valence-corrected chi connectivity index (χ3v) is 5.42. The second-order valence-corrected chi connectivity index (χ2v) is 7.69. The summed E-state index contributed by atoms with van der Waals surface area (Å²) in [5.74, 6) is 1.46. The lowest BCUT2D eigenvalue weighted by molar-refractivity contribution is 0.281. The molecule has 0 saturated carbocycles. The molecule has 0 bridgehead atoms. The highest BCUT2D eigenvalue weighted by Gasteiger charge is 2.13. The number of aryl methyl sites for hydroxylation is 1. The topological polar surface area (TPSA) is 30.5 Å². The summed E-state index contributed by atoms with van der Waals surface area (Å²) in [7, 11) is 1.67. The molecule has 0 fully saturated rings. The number of methoxy groups -OCH3 is 1. The van der Waals surface area contributed by atoms with E-state index in [0.29, 0.717) is 6.61 Å². The van der Waals surface area contributed by atoms with Crippen LogP contribution < -0.4 is 14.8 Å². The molecule has 0 aliphatic heterocycles. The predicted octanol–water partition coefficient (Wildman–Crippen LogP) is 6.20. The molecule has 0 unspecified atom stereocenters. The molecule has 146 valence electrons. The van der Waals surface area contributed by atoms with Crippen molar-refractivity contribution >= 4 is 15.9 Å². The standard InChI is InChI=1S/C24H26BrNO2/c1-17-9-7-8-12-21(17)16-28-24-22(25)13-19(14-23(24)27-3)15-26-18(2)20-10-5-4-6-11-20/h4-14,18,26H,15-16H2,1-3H3/t18-/m1/s1. The molecule has 0 aliphatic rings. The summed E-state index contributed by atoms with van der Waals surface area (Å²) in [5, 5.41) is 3.56. The summed E-state index contributed by atoms with van der Waals surface area (Å²) < 4.78 is 12.6. The van der Waals surface area contributed by atoms with Crippen LogP contribution in [-0.2, 0) is 13.2 Å². The van der Waals surface area contributed by atoms with Crippen LogP contribution in [-0.4, -0.2) is 7.11 Å². The Morgan fingerprint density at radius 3 is 2.43 bits per heavy atom. The average molecular weight is 440 g/mol. The minimum absolute atomic E-state index is 0.267. The molecule has 1 N–H and O–H groups in total. The van der Waals surface area contributed by atoms with Gasteiger partial charge < -0.3 is 14.8 Å². The van der Waals surface area contributed by atoms with E-state index in [1.165, 1.54) is 16.7 Å². The van der Waals surface area contributed by atoms with E-state index in [9.17, 15) is 0 Å². The van der Waals surface area contributed by atoms with E-state index in [0.717, 1.165) is 28.1 Å². The Kier molecular flexibility index (Phi) is 7.12. The molecule has 3 aromatic rings. The summed E-state index contributed by atoms with van der Waals surface area (Å²) in [6, 6.07) is 23.1. The second-order valence-electron chi connectivity index (χ2n) is 6.84. The van der Waals surface area contributed by atoms with Crippen LogP contribution >= 0.6 is 15.9 Å². The molecular weight excluding hydrogens is 414 g/mol. The van der Waals surface area contributed by atoms with Crippen molar-refractivity contribution in [3.63, 3.8) is 0 Å². The van der Waals surface area contributed by atoms with Gasteiger partial charge in [0.25, 0.3) is 0 Å². The Balaban J connectivity index is 1.69. The van der Waals surface area contributed by atoms with Gasteiger partial charge in [-0.1, -0.05) is 54.6 Å². The Morgan fingerprint density at radius 1 is 1.00 bits per heavy atom. The SMILES string of the molecule is COc1cc(CN[C@H](C)c2ccccc2)cc(Br)c1OCc1ccccc1C. The van der Waals surface area contributed by atoms with Crippen LogP contribution in [0.5, 0.6) is 11.5 Å². The lowest BCUT2D eigenvalue weighted by atomic mass is 10.1. The zero-order chi connectivity index (χ0) is 19.9. The van der Waals surface area contributed by atoms with E-state index in [4.69, 9.17) is 9.47 Å². The molecule has 0 aliphatic carbocycles. The Labute approximate surface area is 175 Å². The summed E-state index contributed by atoms with van der Waals surface area (Å²) in [4.78, 5) is 0. The van der Waals surface area contributed by atoms with E-state index in [-0.39, 0.29) is 6.04 Å². The van der Waals surface area contributed by atoms with E-state index < -0.39 is 0 Å². The molecule has 3 aromatic carbocycles. The number of hydrogen-bond donors (Lipinski definition) is 1. The highest BCUT2D eigenvalue weighted by molar-refractivity contribution is 9.10. The van der Waals surface area contributed by atoms with Gasteiger partial charge in [0.1, 0.15) is 6.61 Å². The number of benzene rings is 3. The molecule has 0 aromatic heterocycles. The van der Waals surface area contributed by atoms with Gasteiger partial charge in [-0.3, -0.25) is 0 Å². The van der Waals surface area contributed by atoms with E-state index in [2.05, 4.69) is 77.6 Å². The molecule has 3 rings (SSSR count). The van der Waals surface area contributed by atoms with Crippen molar-refractivity contribution < 1.29 is 9.47 Å². The van der Waals surface area contributed by atoms with Crippen LogP contribution in [0.25, 0.3) is 0 Å². The average Bonchev–Trinajstić information content (AvgIpc) is 2.72. The maximum absolute atomic E-state index is 6.08. The minimum Gasteiger partial charge on any atom is -0.493 e. The third-order valence-electron chi connectivity index (χ3n) is 4.83. The van der Waals surface area contributed by atoms with Gasteiger partial charge in [0.15, 0.2) is 11.5 Å². The molecule has 0 spiro atoms. The Hall–Kier alpha value is -2.30. The monoisotopic (exact) mass is 439 g/mol. The highest BCUT2D eigenvalue weighted by Crippen LogP contribution is 2.37. The summed E-state index contributed by atoms with van der Waals surface area (Å²) in [5.41, 5.74) is 4.79. The second kappa shape index (κ2) is 9.76. The molecular formula is C24H26BrNO2. The lowest BCUT2D eigenvalue weighted by Crippen LogP contribution is -2.18. The molecule has 4 heteroatoms. The van der Waals surface area contributed by atoms with Crippen LogP contribution in [0.1, 0.15) is 35.2 Å². The van der Waals surface area contributed by atoms with E-state index >= 15 is 0 Å². The first-order valence-electron chi connectivity index (χ1n) is 9.40. The normalized spacial score (nSPS) is 11.9. The van der Waals surface area contributed by atoms with Crippen molar-refractivity contribution in [2.75, 3.05) is 7.11 Å². The van der Waals surface area contributed by atoms with Gasteiger partial charge in [0.05, 0.1) is 11.6 Å². The fourth-order valence-electron chi connectivity index (χ4n) is 3.07. The number of hydrogen-bond acceptors (Lipinski definition) is 3. The van der Waals surface area contributed by atoms with Crippen LogP contribution in [0.4, 0.5) is 0 Å². The van der Waals surface area contributed by atoms with Gasteiger partial charge >= 0.3 is 0 Å². The third kappa shape index (κ3) is 5.15. The van der Waals surface area contributed by atoms with Gasteiger partial charge in [-0.05, 0) is 64.2 Å². The Bertz CT molecular complexity index is 912. The summed E-state index contributed by atoms with van der Waals surface area (Å²) in [6.45, 7) is 5.50. The van der Waals surface area contributed by atoms with E-state index in [1.807, 2.05) is 24.3 Å². The van der Waals surface area contributed by atoms with Crippen LogP contribution in [0.3, 0.4) is 0 Å². The van der Waals surface area contributed by atoms with Gasteiger partial charge in [-0.15, -0.1) is 0 Å². The van der Waals surface area contributed by atoms with Crippen molar-refractivity contribution in [2.45, 2.75) is 33.0 Å². The zero-order valence-electron chi connectivity index (χ0n) is 16.5. The lowest BCUT2D eigenvalue weighted by Gasteiger charge is -2.17. The number of nitrogens with one attached hydrogen (secondary N) is 1. The van der Waals surface area contributed by atoms with Crippen molar-refractivity contribution in [3.05, 3.63) is 93.5 Å². The zero-order valence-corrected chi connectivity index (χ0v) is 18.1. The van der Waals surface area contributed by atoms with Gasteiger partial charge in [-0.25, -0.2) is 0 Å². The maximum Gasteiger partial charge on any atom is 0.175 e. The summed E-state index contributed by atoms with van der Waals surface area (Å²) in [6.07, 6.45) is 0. The first-order valence-corrected chi connectivity index (χ1v) is 10.2. The maximum atomic E-state index is 6.08. The van der Waals surface area contributed by atoms with Crippen LogP contribution in [0.2, 0.25) is 0 Å². The number of rotatable bonds is 8. The van der Waals surface area contributed by atoms with Gasteiger partial charge in [0.2, 0.25) is 0 Å².